The van der Waals surface area contributed by atoms with Gasteiger partial charge in [0.1, 0.15) is 0 Å². The van der Waals surface area contributed by atoms with Crippen molar-refractivity contribution in [2.75, 3.05) is 6.61 Å². The molecule has 0 aliphatic rings. The average molecular weight is 369 g/mol. The third-order valence-electron chi connectivity index (χ3n) is 4.10. The zero-order valence-corrected chi connectivity index (χ0v) is 19.0. The minimum Gasteiger partial charge on any atom is -0.465 e. The SMILES string of the molecule is CCCCCCCCCCOC(=O)C(CCCCCC)P(=O)=O.[Na]. The van der Waals surface area contributed by atoms with Gasteiger partial charge in [-0.05, 0) is 12.8 Å². The quantitative estimate of drug-likeness (QED) is 0.149. The molecule has 4 nitrogen and oxygen atoms in total. The molecule has 0 aromatic heterocycles. The maximum atomic E-state index is 11.8. The molecule has 0 rings (SSSR count). The molecule has 0 fully saturated rings. The van der Waals surface area contributed by atoms with Crippen LogP contribution in [0.4, 0.5) is 0 Å². The van der Waals surface area contributed by atoms with Crippen molar-refractivity contribution in [3.63, 3.8) is 0 Å². The zero-order chi connectivity index (χ0) is 17.3. The first-order valence-electron chi connectivity index (χ1n) is 9.43. The molecular formula is C18H35NaO4P. The fourth-order valence-electron chi connectivity index (χ4n) is 2.58. The Morgan fingerprint density at radius 3 is 1.75 bits per heavy atom. The number of rotatable bonds is 16. The van der Waals surface area contributed by atoms with Gasteiger partial charge in [-0.25, -0.2) is 9.13 Å². The number of carbonyl (C=O) groups is 1. The van der Waals surface area contributed by atoms with Crippen molar-refractivity contribution >= 4 is 43.2 Å². The first-order chi connectivity index (χ1) is 11.1. The summed E-state index contributed by atoms with van der Waals surface area (Å²) in [4.78, 5) is 11.8. The van der Waals surface area contributed by atoms with Crippen molar-refractivity contribution in [1.29, 1.82) is 0 Å². The molecule has 0 spiro atoms. The van der Waals surface area contributed by atoms with Crippen LogP contribution in [0.1, 0.15) is 97.3 Å². The van der Waals surface area contributed by atoms with E-state index in [2.05, 4.69) is 13.8 Å². The predicted octanol–water partition coefficient (Wildman–Crippen LogP) is 5.80. The average Bonchev–Trinajstić information content (AvgIpc) is 2.52. The van der Waals surface area contributed by atoms with E-state index >= 15 is 0 Å². The minimum absolute atomic E-state index is 0. The third kappa shape index (κ3) is 15.9. The van der Waals surface area contributed by atoms with Gasteiger partial charge in [0, 0.05) is 29.6 Å². The number of carbonyl (C=O) groups excluding carboxylic acids is 1. The van der Waals surface area contributed by atoms with E-state index < -0.39 is 19.3 Å². The van der Waals surface area contributed by atoms with E-state index in [0.717, 1.165) is 44.9 Å². The van der Waals surface area contributed by atoms with Gasteiger partial charge >= 0.3 is 13.6 Å². The number of esters is 1. The number of ether oxygens (including phenoxy) is 1. The van der Waals surface area contributed by atoms with Crippen LogP contribution < -0.4 is 0 Å². The van der Waals surface area contributed by atoms with Crippen molar-refractivity contribution in [3.8, 4) is 0 Å². The third-order valence-corrected chi connectivity index (χ3v) is 5.08. The van der Waals surface area contributed by atoms with E-state index in [1.807, 2.05) is 0 Å². The van der Waals surface area contributed by atoms with E-state index in [1.165, 1.54) is 32.1 Å². The molecule has 0 saturated heterocycles. The second kappa shape index (κ2) is 19.7. The summed E-state index contributed by atoms with van der Waals surface area (Å²) >= 11 is 0. The molecule has 1 radical (unpaired) electrons. The molecule has 6 heteroatoms. The normalized spacial score (nSPS) is 11.6. The van der Waals surface area contributed by atoms with E-state index in [-0.39, 0.29) is 29.6 Å². The van der Waals surface area contributed by atoms with Crippen LogP contribution in [0.15, 0.2) is 0 Å². The van der Waals surface area contributed by atoms with E-state index in [9.17, 15) is 13.9 Å². The van der Waals surface area contributed by atoms with E-state index in [0.29, 0.717) is 13.0 Å². The summed E-state index contributed by atoms with van der Waals surface area (Å²) in [5, 5.41) is 0. The van der Waals surface area contributed by atoms with Crippen LogP contribution in [-0.4, -0.2) is 47.8 Å². The summed E-state index contributed by atoms with van der Waals surface area (Å²) in [5.41, 5.74) is -0.948. The molecule has 0 aliphatic heterocycles. The zero-order valence-electron chi connectivity index (χ0n) is 16.1. The van der Waals surface area contributed by atoms with Crippen molar-refractivity contribution in [3.05, 3.63) is 0 Å². The summed E-state index contributed by atoms with van der Waals surface area (Å²) in [5.74, 6) is -0.555. The maximum Gasteiger partial charge on any atom is 0.330 e. The Kier molecular flexibility index (Phi) is 21.8. The van der Waals surface area contributed by atoms with Gasteiger partial charge in [0.05, 0.1) is 6.61 Å². The van der Waals surface area contributed by atoms with Crippen molar-refractivity contribution in [2.45, 2.75) is 103 Å². The fraction of sp³-hybridized carbons (Fsp3) is 0.944. The smallest absolute Gasteiger partial charge is 0.330 e. The van der Waals surface area contributed by atoms with Crippen LogP contribution in [0.3, 0.4) is 0 Å². The van der Waals surface area contributed by atoms with Crippen LogP contribution in [0, 0.1) is 0 Å². The molecule has 0 aliphatic carbocycles. The Hall–Kier alpha value is 0.370. The molecule has 0 N–H and O–H groups in total. The molecule has 0 bridgehead atoms. The second-order valence-corrected chi connectivity index (χ2v) is 7.49. The van der Waals surface area contributed by atoms with Crippen LogP contribution in [0.5, 0.6) is 0 Å². The molecule has 1 atom stereocenters. The molecule has 0 saturated carbocycles. The number of hydrogen-bond donors (Lipinski definition) is 0. The molecule has 24 heavy (non-hydrogen) atoms. The Morgan fingerprint density at radius 1 is 0.792 bits per heavy atom. The van der Waals surface area contributed by atoms with Crippen LogP contribution in [0.2, 0.25) is 0 Å². The van der Waals surface area contributed by atoms with E-state index in [1.54, 1.807) is 0 Å². The molecule has 137 valence electrons. The molecule has 0 heterocycles. The van der Waals surface area contributed by atoms with E-state index in [4.69, 9.17) is 4.74 Å². The van der Waals surface area contributed by atoms with Gasteiger partial charge in [0.15, 0.2) is 5.66 Å². The maximum absolute atomic E-state index is 11.8. The molecule has 0 aromatic rings. The van der Waals surface area contributed by atoms with Gasteiger partial charge in [-0.2, -0.15) is 0 Å². The Morgan fingerprint density at radius 2 is 1.25 bits per heavy atom. The van der Waals surface area contributed by atoms with Gasteiger partial charge in [-0.3, -0.25) is 4.79 Å². The predicted molar refractivity (Wildman–Crippen MR) is 100 cm³/mol. The van der Waals surface area contributed by atoms with Gasteiger partial charge in [-0.15, -0.1) is 0 Å². The monoisotopic (exact) mass is 369 g/mol. The van der Waals surface area contributed by atoms with Crippen molar-refractivity contribution in [1.82, 2.24) is 0 Å². The van der Waals surface area contributed by atoms with Gasteiger partial charge < -0.3 is 4.74 Å². The molecule has 0 aromatic carbocycles. The summed E-state index contributed by atoms with van der Waals surface area (Å²) in [7, 11) is -2.73. The Labute approximate surface area is 171 Å². The first kappa shape index (κ1) is 26.6. The number of hydrogen-bond acceptors (Lipinski definition) is 4. The van der Waals surface area contributed by atoms with Gasteiger partial charge in [0.2, 0.25) is 0 Å². The summed E-state index contributed by atoms with van der Waals surface area (Å²) < 4.78 is 27.5. The van der Waals surface area contributed by atoms with Crippen LogP contribution in [0.25, 0.3) is 0 Å². The topological polar surface area (TPSA) is 60.4 Å². The summed E-state index contributed by atoms with van der Waals surface area (Å²) in [6.07, 6.45) is 13.8. The van der Waals surface area contributed by atoms with Gasteiger partial charge in [0.25, 0.3) is 0 Å². The summed E-state index contributed by atoms with van der Waals surface area (Å²) in [6, 6.07) is 0. The van der Waals surface area contributed by atoms with Crippen LogP contribution in [-0.2, 0) is 18.7 Å². The van der Waals surface area contributed by atoms with Crippen LogP contribution >= 0.6 is 7.68 Å². The minimum atomic E-state index is -2.73. The number of unbranched alkanes of at least 4 members (excludes halogenated alkanes) is 10. The van der Waals surface area contributed by atoms with Crippen molar-refractivity contribution in [2.24, 2.45) is 0 Å². The van der Waals surface area contributed by atoms with Gasteiger partial charge in [-0.1, -0.05) is 84.5 Å². The molecular weight excluding hydrogens is 334 g/mol. The molecule has 0 amide bonds. The second-order valence-electron chi connectivity index (χ2n) is 6.29. The summed E-state index contributed by atoms with van der Waals surface area (Å²) in [6.45, 7) is 4.66. The fourth-order valence-corrected chi connectivity index (χ4v) is 3.22. The largest absolute Gasteiger partial charge is 0.465 e. The van der Waals surface area contributed by atoms with Crippen molar-refractivity contribution < 1.29 is 18.7 Å². The Balaban J connectivity index is 0. The first-order valence-corrected chi connectivity index (χ1v) is 10.7. The standard InChI is InChI=1S/C18H35O4P.Na/c1-3-5-7-9-10-11-12-14-16-22-18(19)17(23(20)21)15-13-8-6-4-2;/h17H,3-16H2,1-2H3;. The molecule has 1 unspecified atom stereocenters. The Bertz CT molecular complexity index is 351.